The standard InChI is InChI=1S/C31H36ClN3O5S/c32-27-14-9-25(10-15-27)23-35(30(26-7-2-1-3-8-26)31(38)33-19-6-22-36)29(37)18-13-24-11-16-28(17-12-24)41(39,40)34-20-4-5-21-34/h1-3,7-12,14-17,30,36H,4-6,13,18-23H2,(H,33,38)/t30-/m1/s1. The second-order valence-electron chi connectivity index (χ2n) is 10.1. The third-order valence-corrected chi connectivity index (χ3v) is 9.31. The maximum absolute atomic E-state index is 13.8. The molecule has 0 aromatic heterocycles. The van der Waals surface area contributed by atoms with Gasteiger partial charge in [0, 0.05) is 44.2 Å². The van der Waals surface area contributed by atoms with Gasteiger partial charge in [0.2, 0.25) is 21.8 Å². The molecule has 0 spiro atoms. The molecule has 8 nitrogen and oxygen atoms in total. The monoisotopic (exact) mass is 597 g/mol. The van der Waals surface area contributed by atoms with Crippen molar-refractivity contribution in [3.8, 4) is 0 Å². The van der Waals surface area contributed by atoms with Crippen molar-refractivity contribution in [1.82, 2.24) is 14.5 Å². The number of hydrogen-bond acceptors (Lipinski definition) is 5. The van der Waals surface area contributed by atoms with E-state index in [0.29, 0.717) is 36.5 Å². The summed E-state index contributed by atoms with van der Waals surface area (Å²) in [6.07, 6.45) is 2.65. The summed E-state index contributed by atoms with van der Waals surface area (Å²) < 4.78 is 27.2. The molecular formula is C31H36ClN3O5S. The summed E-state index contributed by atoms with van der Waals surface area (Å²) in [5, 5.41) is 12.6. The van der Waals surface area contributed by atoms with Crippen LogP contribution in [0.1, 0.15) is 48.4 Å². The number of aryl methyl sites for hydroxylation is 1. The number of rotatable bonds is 13. The molecule has 1 aliphatic rings. The van der Waals surface area contributed by atoms with Crippen molar-refractivity contribution in [1.29, 1.82) is 0 Å². The number of carbonyl (C=O) groups excluding carboxylic acids is 2. The minimum absolute atomic E-state index is 0.0537. The average molecular weight is 598 g/mol. The van der Waals surface area contributed by atoms with Crippen LogP contribution in [0, 0.1) is 0 Å². The summed E-state index contributed by atoms with van der Waals surface area (Å²) in [4.78, 5) is 29.1. The zero-order valence-electron chi connectivity index (χ0n) is 22.9. The van der Waals surface area contributed by atoms with Gasteiger partial charge in [-0.3, -0.25) is 9.59 Å². The maximum Gasteiger partial charge on any atom is 0.247 e. The van der Waals surface area contributed by atoms with E-state index in [0.717, 1.165) is 24.0 Å². The third-order valence-electron chi connectivity index (χ3n) is 7.15. The van der Waals surface area contributed by atoms with Crippen LogP contribution in [0.4, 0.5) is 0 Å². The Morgan fingerprint density at radius 2 is 1.56 bits per heavy atom. The van der Waals surface area contributed by atoms with E-state index in [1.54, 1.807) is 41.3 Å². The predicted octanol–water partition coefficient (Wildman–Crippen LogP) is 4.33. The van der Waals surface area contributed by atoms with Gasteiger partial charge in [-0.15, -0.1) is 0 Å². The fraction of sp³-hybridized carbons (Fsp3) is 0.355. The van der Waals surface area contributed by atoms with Crippen molar-refractivity contribution >= 4 is 33.4 Å². The summed E-state index contributed by atoms with van der Waals surface area (Å²) >= 11 is 6.08. The first-order valence-electron chi connectivity index (χ1n) is 13.9. The topological polar surface area (TPSA) is 107 Å². The molecule has 2 N–H and O–H groups in total. The number of amides is 2. The number of aliphatic hydroxyl groups excluding tert-OH is 1. The molecule has 10 heteroatoms. The van der Waals surface area contributed by atoms with Crippen molar-refractivity contribution in [3.05, 3.63) is 101 Å². The number of nitrogens with one attached hydrogen (secondary N) is 1. The van der Waals surface area contributed by atoms with Crippen LogP contribution in [0.5, 0.6) is 0 Å². The minimum Gasteiger partial charge on any atom is -0.396 e. The van der Waals surface area contributed by atoms with Gasteiger partial charge >= 0.3 is 0 Å². The number of hydrogen-bond donors (Lipinski definition) is 2. The second kappa shape index (κ2) is 14.6. The molecule has 1 fully saturated rings. The lowest BCUT2D eigenvalue weighted by Gasteiger charge is -2.32. The van der Waals surface area contributed by atoms with E-state index < -0.39 is 16.1 Å². The van der Waals surface area contributed by atoms with Gasteiger partial charge in [-0.25, -0.2) is 8.42 Å². The van der Waals surface area contributed by atoms with Crippen LogP contribution in [0.2, 0.25) is 5.02 Å². The van der Waals surface area contributed by atoms with Gasteiger partial charge in [-0.1, -0.05) is 66.2 Å². The Morgan fingerprint density at radius 3 is 2.20 bits per heavy atom. The lowest BCUT2D eigenvalue weighted by atomic mass is 10.0. The number of nitrogens with zero attached hydrogens (tertiary/aromatic N) is 2. The molecule has 3 aromatic carbocycles. The predicted molar refractivity (Wildman–Crippen MR) is 159 cm³/mol. The van der Waals surface area contributed by atoms with Crippen LogP contribution in [0.3, 0.4) is 0 Å². The molecule has 0 unspecified atom stereocenters. The van der Waals surface area contributed by atoms with Gasteiger partial charge < -0.3 is 15.3 Å². The fourth-order valence-electron chi connectivity index (χ4n) is 4.91. The summed E-state index contributed by atoms with van der Waals surface area (Å²) in [5.41, 5.74) is 2.32. The molecule has 1 atom stereocenters. The minimum atomic E-state index is -3.51. The first-order valence-corrected chi connectivity index (χ1v) is 15.7. The highest BCUT2D eigenvalue weighted by atomic mass is 35.5. The SMILES string of the molecule is O=C(NCCCO)[C@@H](c1ccccc1)N(Cc1ccc(Cl)cc1)C(=O)CCc1ccc(S(=O)(=O)N2CCCC2)cc1. The van der Waals surface area contributed by atoms with Crippen molar-refractivity contribution in [2.75, 3.05) is 26.2 Å². The number of halogens is 1. The van der Waals surface area contributed by atoms with Crippen molar-refractivity contribution in [2.24, 2.45) is 0 Å². The Kier molecular flexibility index (Phi) is 10.9. The normalized spacial score (nSPS) is 14.5. The van der Waals surface area contributed by atoms with Gasteiger partial charge in [0.05, 0.1) is 4.90 Å². The first kappa shape index (κ1) is 30.7. The zero-order valence-corrected chi connectivity index (χ0v) is 24.5. The van der Waals surface area contributed by atoms with E-state index in [1.165, 1.54) is 4.31 Å². The van der Waals surface area contributed by atoms with Crippen LogP contribution in [0.15, 0.2) is 83.8 Å². The molecule has 0 saturated carbocycles. The Balaban J connectivity index is 1.55. The van der Waals surface area contributed by atoms with Crippen molar-refractivity contribution in [3.63, 3.8) is 0 Å². The molecule has 2 amide bonds. The largest absolute Gasteiger partial charge is 0.396 e. The Bertz CT molecular complexity index is 1390. The number of sulfonamides is 1. The molecule has 0 aliphatic carbocycles. The quantitative estimate of drug-likeness (QED) is 0.285. The van der Waals surface area contributed by atoms with Crippen LogP contribution >= 0.6 is 11.6 Å². The van der Waals surface area contributed by atoms with Crippen molar-refractivity contribution < 1.29 is 23.1 Å². The second-order valence-corrected chi connectivity index (χ2v) is 12.5. The highest BCUT2D eigenvalue weighted by molar-refractivity contribution is 7.89. The fourth-order valence-corrected chi connectivity index (χ4v) is 6.55. The van der Waals surface area contributed by atoms with E-state index in [-0.39, 0.29) is 42.8 Å². The summed E-state index contributed by atoms with van der Waals surface area (Å²) in [6.45, 7) is 1.50. The zero-order chi connectivity index (χ0) is 29.2. The Labute approximate surface area is 247 Å². The molecular weight excluding hydrogens is 562 g/mol. The van der Waals surface area contributed by atoms with E-state index in [2.05, 4.69) is 5.32 Å². The molecule has 1 heterocycles. The van der Waals surface area contributed by atoms with Crippen LogP contribution in [0.25, 0.3) is 0 Å². The lowest BCUT2D eigenvalue weighted by Crippen LogP contribution is -2.43. The first-order chi connectivity index (χ1) is 19.8. The van der Waals surface area contributed by atoms with E-state index in [4.69, 9.17) is 11.6 Å². The van der Waals surface area contributed by atoms with Crippen LogP contribution in [-0.2, 0) is 32.6 Å². The third kappa shape index (κ3) is 8.16. The average Bonchev–Trinajstić information content (AvgIpc) is 3.54. The highest BCUT2D eigenvalue weighted by Gasteiger charge is 2.31. The number of carbonyl (C=O) groups is 2. The molecule has 0 bridgehead atoms. The van der Waals surface area contributed by atoms with Gasteiger partial charge in [0.15, 0.2) is 0 Å². The van der Waals surface area contributed by atoms with Gasteiger partial charge in [0.1, 0.15) is 6.04 Å². The van der Waals surface area contributed by atoms with Gasteiger partial charge in [-0.2, -0.15) is 4.31 Å². The van der Waals surface area contributed by atoms with Gasteiger partial charge in [-0.05, 0) is 66.6 Å². The molecule has 1 saturated heterocycles. The summed E-state index contributed by atoms with van der Waals surface area (Å²) in [6, 6.07) is 22.1. The number of aliphatic hydroxyl groups is 1. The van der Waals surface area contributed by atoms with Crippen LogP contribution in [-0.4, -0.2) is 60.8 Å². The summed E-state index contributed by atoms with van der Waals surface area (Å²) in [5.74, 6) is -0.552. The van der Waals surface area contributed by atoms with Gasteiger partial charge in [0.25, 0.3) is 0 Å². The van der Waals surface area contributed by atoms with Crippen LogP contribution < -0.4 is 5.32 Å². The highest BCUT2D eigenvalue weighted by Crippen LogP contribution is 2.26. The smallest absolute Gasteiger partial charge is 0.247 e. The Morgan fingerprint density at radius 1 is 0.927 bits per heavy atom. The van der Waals surface area contributed by atoms with E-state index in [1.807, 2.05) is 42.5 Å². The molecule has 41 heavy (non-hydrogen) atoms. The molecule has 0 radical (unpaired) electrons. The lowest BCUT2D eigenvalue weighted by molar-refractivity contribution is -0.141. The maximum atomic E-state index is 13.8. The Hall–Kier alpha value is -3.24. The van der Waals surface area contributed by atoms with Crippen molar-refractivity contribution in [2.45, 2.75) is 49.6 Å². The molecule has 4 rings (SSSR count). The molecule has 3 aromatic rings. The summed E-state index contributed by atoms with van der Waals surface area (Å²) in [7, 11) is -3.51. The number of benzene rings is 3. The van der Waals surface area contributed by atoms with E-state index >= 15 is 0 Å². The van der Waals surface area contributed by atoms with E-state index in [9.17, 15) is 23.1 Å². The molecule has 1 aliphatic heterocycles. The molecule has 218 valence electrons.